The van der Waals surface area contributed by atoms with Crippen LogP contribution in [0.15, 0.2) is 30.6 Å². The molecule has 4 nitrogen and oxygen atoms in total. The molecule has 16 heavy (non-hydrogen) atoms. The first-order valence-corrected chi connectivity index (χ1v) is 5.21. The van der Waals surface area contributed by atoms with E-state index in [-0.39, 0.29) is 5.92 Å². The molecule has 2 heterocycles. The molecule has 2 rings (SSSR count). The Morgan fingerprint density at radius 2 is 2.06 bits per heavy atom. The lowest BCUT2D eigenvalue weighted by atomic mass is 10.1. The van der Waals surface area contributed by atoms with Gasteiger partial charge in [0.05, 0.1) is 5.69 Å². The SMILES string of the molecule is CC(C)c1nc(N)cc(-c2cccnc2)n1. The topological polar surface area (TPSA) is 64.7 Å². The summed E-state index contributed by atoms with van der Waals surface area (Å²) in [7, 11) is 0. The summed E-state index contributed by atoms with van der Waals surface area (Å²) in [5, 5.41) is 0. The quantitative estimate of drug-likeness (QED) is 0.832. The van der Waals surface area contributed by atoms with Crippen molar-refractivity contribution in [3.63, 3.8) is 0 Å². The predicted octanol–water partition coefficient (Wildman–Crippen LogP) is 2.24. The number of rotatable bonds is 2. The Labute approximate surface area is 94.6 Å². The zero-order chi connectivity index (χ0) is 11.5. The van der Waals surface area contributed by atoms with Crippen molar-refractivity contribution in [1.82, 2.24) is 15.0 Å². The van der Waals surface area contributed by atoms with Crippen LogP contribution in [-0.2, 0) is 0 Å². The molecule has 4 heteroatoms. The minimum Gasteiger partial charge on any atom is -0.384 e. The lowest BCUT2D eigenvalue weighted by Gasteiger charge is -2.07. The number of nitrogens with zero attached hydrogens (tertiary/aromatic N) is 3. The van der Waals surface area contributed by atoms with Crippen LogP contribution in [0.1, 0.15) is 25.6 Å². The first kappa shape index (κ1) is 10.5. The molecule has 0 unspecified atom stereocenters. The molecule has 0 spiro atoms. The first-order valence-electron chi connectivity index (χ1n) is 5.21. The molecule has 0 aliphatic rings. The third-order valence-corrected chi connectivity index (χ3v) is 2.24. The van der Waals surface area contributed by atoms with E-state index in [2.05, 4.69) is 15.0 Å². The van der Waals surface area contributed by atoms with Crippen LogP contribution in [0.2, 0.25) is 0 Å². The van der Waals surface area contributed by atoms with Gasteiger partial charge in [-0.25, -0.2) is 9.97 Å². The molecule has 2 N–H and O–H groups in total. The van der Waals surface area contributed by atoms with Crippen molar-refractivity contribution in [2.75, 3.05) is 5.73 Å². The van der Waals surface area contributed by atoms with Gasteiger partial charge < -0.3 is 5.73 Å². The Morgan fingerprint density at radius 3 is 2.69 bits per heavy atom. The number of hydrogen-bond acceptors (Lipinski definition) is 4. The fourth-order valence-electron chi connectivity index (χ4n) is 1.41. The van der Waals surface area contributed by atoms with Gasteiger partial charge in [-0.3, -0.25) is 4.98 Å². The standard InChI is InChI=1S/C12H14N4/c1-8(2)12-15-10(6-11(13)16-12)9-4-3-5-14-7-9/h3-8H,1-2H3,(H2,13,15,16). The van der Waals surface area contributed by atoms with E-state index >= 15 is 0 Å². The molecule has 0 atom stereocenters. The molecule has 0 bridgehead atoms. The molecular formula is C12H14N4. The van der Waals surface area contributed by atoms with Gasteiger partial charge in [0.15, 0.2) is 0 Å². The summed E-state index contributed by atoms with van der Waals surface area (Å²) in [6.45, 7) is 4.09. The average Bonchev–Trinajstić information content (AvgIpc) is 2.29. The Balaban J connectivity index is 2.50. The van der Waals surface area contributed by atoms with Gasteiger partial charge >= 0.3 is 0 Å². The summed E-state index contributed by atoms with van der Waals surface area (Å²) in [5.74, 6) is 1.52. The molecule has 0 aromatic carbocycles. The summed E-state index contributed by atoms with van der Waals surface area (Å²) in [5.41, 5.74) is 7.54. The minimum atomic E-state index is 0.263. The molecule has 0 amide bonds. The second kappa shape index (κ2) is 4.26. The molecule has 0 aliphatic heterocycles. The smallest absolute Gasteiger partial charge is 0.133 e. The minimum absolute atomic E-state index is 0.263. The van der Waals surface area contributed by atoms with Gasteiger partial charge in [-0.15, -0.1) is 0 Å². The van der Waals surface area contributed by atoms with Gasteiger partial charge in [-0.1, -0.05) is 13.8 Å². The number of anilines is 1. The highest BCUT2D eigenvalue weighted by molar-refractivity contribution is 5.60. The second-order valence-electron chi connectivity index (χ2n) is 3.93. The van der Waals surface area contributed by atoms with Crippen LogP contribution in [0, 0.1) is 0 Å². The first-order chi connectivity index (χ1) is 7.66. The molecule has 0 radical (unpaired) electrons. The highest BCUT2D eigenvalue weighted by Gasteiger charge is 2.07. The number of aromatic nitrogens is 3. The molecule has 2 aromatic rings. The number of nitrogens with two attached hydrogens (primary N) is 1. The summed E-state index contributed by atoms with van der Waals surface area (Å²) in [6, 6.07) is 5.60. The number of hydrogen-bond donors (Lipinski definition) is 1. The van der Waals surface area contributed by atoms with Gasteiger partial charge in [0.1, 0.15) is 11.6 Å². The van der Waals surface area contributed by atoms with Gasteiger partial charge in [0, 0.05) is 29.9 Å². The van der Waals surface area contributed by atoms with E-state index in [0.717, 1.165) is 17.1 Å². The van der Waals surface area contributed by atoms with Crippen molar-refractivity contribution in [2.24, 2.45) is 0 Å². The fraction of sp³-hybridized carbons (Fsp3) is 0.250. The summed E-state index contributed by atoms with van der Waals surface area (Å²) in [6.07, 6.45) is 3.50. The van der Waals surface area contributed by atoms with Crippen LogP contribution < -0.4 is 5.73 Å². The highest BCUT2D eigenvalue weighted by Crippen LogP contribution is 2.20. The number of pyridine rings is 1. The number of nitrogen functional groups attached to an aromatic ring is 1. The van der Waals surface area contributed by atoms with E-state index in [0.29, 0.717) is 5.82 Å². The van der Waals surface area contributed by atoms with Crippen molar-refractivity contribution in [3.8, 4) is 11.3 Å². The Hall–Kier alpha value is -1.97. The normalized spacial score (nSPS) is 10.7. The van der Waals surface area contributed by atoms with Crippen molar-refractivity contribution >= 4 is 5.82 Å². The summed E-state index contributed by atoms with van der Waals surface area (Å²) < 4.78 is 0. The molecule has 2 aromatic heterocycles. The van der Waals surface area contributed by atoms with Crippen LogP contribution in [-0.4, -0.2) is 15.0 Å². The maximum Gasteiger partial charge on any atom is 0.133 e. The lowest BCUT2D eigenvalue weighted by molar-refractivity contribution is 0.778. The van der Waals surface area contributed by atoms with E-state index in [1.54, 1.807) is 18.5 Å². The van der Waals surface area contributed by atoms with Gasteiger partial charge in [-0.2, -0.15) is 0 Å². The van der Waals surface area contributed by atoms with Crippen LogP contribution in [0.4, 0.5) is 5.82 Å². The van der Waals surface area contributed by atoms with Crippen molar-refractivity contribution in [2.45, 2.75) is 19.8 Å². The van der Waals surface area contributed by atoms with Crippen LogP contribution >= 0.6 is 0 Å². The zero-order valence-corrected chi connectivity index (χ0v) is 9.38. The van der Waals surface area contributed by atoms with E-state index in [9.17, 15) is 0 Å². The Kier molecular flexibility index (Phi) is 2.81. The predicted molar refractivity (Wildman–Crippen MR) is 63.8 cm³/mol. The molecule has 0 saturated carbocycles. The van der Waals surface area contributed by atoms with E-state index in [1.165, 1.54) is 0 Å². The van der Waals surface area contributed by atoms with Crippen molar-refractivity contribution in [1.29, 1.82) is 0 Å². The third-order valence-electron chi connectivity index (χ3n) is 2.24. The molecule has 82 valence electrons. The lowest BCUT2D eigenvalue weighted by Crippen LogP contribution is -2.02. The largest absolute Gasteiger partial charge is 0.384 e. The molecule has 0 saturated heterocycles. The maximum atomic E-state index is 5.76. The zero-order valence-electron chi connectivity index (χ0n) is 9.38. The van der Waals surface area contributed by atoms with Gasteiger partial charge in [0.25, 0.3) is 0 Å². The summed E-state index contributed by atoms with van der Waals surface area (Å²) >= 11 is 0. The molecule has 0 aliphatic carbocycles. The summed E-state index contributed by atoms with van der Waals surface area (Å²) in [4.78, 5) is 12.7. The van der Waals surface area contributed by atoms with Crippen molar-refractivity contribution in [3.05, 3.63) is 36.4 Å². The van der Waals surface area contributed by atoms with Crippen molar-refractivity contribution < 1.29 is 0 Å². The van der Waals surface area contributed by atoms with E-state index in [1.807, 2.05) is 26.0 Å². The van der Waals surface area contributed by atoms with Gasteiger partial charge in [-0.05, 0) is 12.1 Å². The molecule has 0 fully saturated rings. The van der Waals surface area contributed by atoms with Crippen LogP contribution in [0.5, 0.6) is 0 Å². The van der Waals surface area contributed by atoms with Crippen LogP contribution in [0.3, 0.4) is 0 Å². The molecular weight excluding hydrogens is 200 g/mol. The van der Waals surface area contributed by atoms with Gasteiger partial charge in [0.2, 0.25) is 0 Å². The van der Waals surface area contributed by atoms with Crippen LogP contribution in [0.25, 0.3) is 11.3 Å². The highest BCUT2D eigenvalue weighted by atomic mass is 14.9. The van der Waals surface area contributed by atoms with E-state index < -0.39 is 0 Å². The Bertz CT molecular complexity index is 480. The van der Waals surface area contributed by atoms with E-state index in [4.69, 9.17) is 5.73 Å². The maximum absolute atomic E-state index is 5.76. The second-order valence-corrected chi connectivity index (χ2v) is 3.93. The third kappa shape index (κ3) is 2.16. The monoisotopic (exact) mass is 214 g/mol. The Morgan fingerprint density at radius 1 is 1.25 bits per heavy atom. The average molecular weight is 214 g/mol. The fourth-order valence-corrected chi connectivity index (χ4v) is 1.41.